The molecule has 264 valence electrons. The minimum Gasteiger partial charge on any atom is -0.465 e. The Bertz CT molecular complexity index is 2040. The van der Waals surface area contributed by atoms with Crippen molar-refractivity contribution in [1.82, 2.24) is 25.1 Å². The number of carbonyl (C=O) groups is 3. The highest BCUT2D eigenvalue weighted by atomic mass is 32.2. The molecule has 0 radical (unpaired) electrons. The molecule has 2 heterocycles. The molecule has 0 spiro atoms. The Balaban J connectivity index is 1.19. The van der Waals surface area contributed by atoms with Gasteiger partial charge < -0.3 is 21.1 Å². The largest absolute Gasteiger partial charge is 0.465 e. The highest BCUT2D eigenvalue weighted by Crippen LogP contribution is 2.31. The number of rotatable bonds is 11. The van der Waals surface area contributed by atoms with Crippen LogP contribution in [0.3, 0.4) is 0 Å². The maximum atomic E-state index is 13.7. The fourth-order valence-electron chi connectivity index (χ4n) is 6.91. The molecule has 4 aromatic rings. The van der Waals surface area contributed by atoms with Crippen LogP contribution in [0.25, 0.3) is 22.0 Å². The number of H-pyrrole nitrogens is 2. The summed E-state index contributed by atoms with van der Waals surface area (Å²) in [5.74, 6) is -0.799. The number of carbonyl (C=O) groups excluding carboxylic acids is 2. The van der Waals surface area contributed by atoms with Crippen molar-refractivity contribution in [3.05, 3.63) is 82.1 Å². The SMILES string of the molecule is Cc1ccc(S(=O)(=O)N2CCCC2)cc1-c1ccc(C[C@H](NC(=O)[C@H]2CC[C@H](CNC(=O)O)CC2)C(=O)Nc2ccc3c(=O)[nH][nH]c3c2)cc1. The second-order valence-corrected chi connectivity index (χ2v) is 15.2. The molecule has 3 amide bonds. The standard InChI is InChI=1S/C36H42N6O7S/c1-22-4-14-28(50(48,49)42-16-2-3-17-42)20-30(22)25-9-5-23(6-10-25)18-32(35(45)38-27-13-15-29-31(19-27)40-41-34(29)44)39-33(43)26-11-7-24(8-12-26)21-37-36(46)47/h4-6,9-10,13-15,19-20,24,26,32,37H,2-3,7-8,11-12,16-18,21H2,1H3,(H,38,45)(H,39,43)(H,46,47)(H2,40,41,44)/t24-,26-,32-/m0/s1. The van der Waals surface area contributed by atoms with Crippen LogP contribution in [0.15, 0.2) is 70.4 Å². The molecule has 50 heavy (non-hydrogen) atoms. The third-order valence-electron chi connectivity index (χ3n) is 9.85. The Morgan fingerprint density at radius 2 is 1.66 bits per heavy atom. The molecule has 6 rings (SSSR count). The van der Waals surface area contributed by atoms with Crippen LogP contribution < -0.4 is 21.5 Å². The zero-order chi connectivity index (χ0) is 35.4. The van der Waals surface area contributed by atoms with E-state index in [1.165, 1.54) is 4.31 Å². The molecular weight excluding hydrogens is 660 g/mol. The van der Waals surface area contributed by atoms with E-state index in [0.717, 1.165) is 35.1 Å². The Labute approximate surface area is 289 Å². The third kappa shape index (κ3) is 7.92. The summed E-state index contributed by atoms with van der Waals surface area (Å²) in [6.07, 6.45) is 3.42. The first kappa shape index (κ1) is 34.9. The topological polar surface area (TPSA) is 194 Å². The lowest BCUT2D eigenvalue weighted by atomic mass is 9.81. The van der Waals surface area contributed by atoms with E-state index < -0.39 is 28.1 Å². The van der Waals surface area contributed by atoms with Gasteiger partial charge in [-0.3, -0.25) is 24.6 Å². The van der Waals surface area contributed by atoms with Gasteiger partial charge in [0.1, 0.15) is 6.04 Å². The average molecular weight is 703 g/mol. The van der Waals surface area contributed by atoms with Gasteiger partial charge in [0.2, 0.25) is 21.8 Å². The van der Waals surface area contributed by atoms with E-state index >= 15 is 0 Å². The lowest BCUT2D eigenvalue weighted by Gasteiger charge is -2.29. The molecule has 14 heteroatoms. The number of nitrogens with zero attached hydrogens (tertiary/aromatic N) is 1. The van der Waals surface area contributed by atoms with E-state index in [9.17, 15) is 27.6 Å². The molecule has 1 saturated heterocycles. The molecule has 1 saturated carbocycles. The van der Waals surface area contributed by atoms with Crippen LogP contribution in [-0.2, 0) is 26.0 Å². The van der Waals surface area contributed by atoms with Crippen LogP contribution in [0.5, 0.6) is 0 Å². The maximum Gasteiger partial charge on any atom is 0.404 e. The zero-order valence-electron chi connectivity index (χ0n) is 27.8. The smallest absolute Gasteiger partial charge is 0.404 e. The molecule has 13 nitrogen and oxygen atoms in total. The van der Waals surface area contributed by atoms with Crippen molar-refractivity contribution in [2.24, 2.45) is 11.8 Å². The van der Waals surface area contributed by atoms with E-state index in [2.05, 4.69) is 26.1 Å². The Morgan fingerprint density at radius 3 is 2.36 bits per heavy atom. The highest BCUT2D eigenvalue weighted by Gasteiger charge is 2.31. The molecule has 2 fully saturated rings. The van der Waals surface area contributed by atoms with Gasteiger partial charge in [-0.25, -0.2) is 13.2 Å². The predicted octanol–water partition coefficient (Wildman–Crippen LogP) is 4.36. The van der Waals surface area contributed by atoms with Crippen LogP contribution in [0.1, 0.15) is 49.7 Å². The van der Waals surface area contributed by atoms with Gasteiger partial charge in [0.05, 0.1) is 15.8 Å². The number of aryl methyl sites for hydroxylation is 1. The molecule has 6 N–H and O–H groups in total. The number of nitrogens with one attached hydrogen (secondary N) is 5. The summed E-state index contributed by atoms with van der Waals surface area (Å²) in [6, 6.07) is 16.7. The van der Waals surface area contributed by atoms with Gasteiger partial charge in [0.15, 0.2) is 0 Å². The minimum atomic E-state index is -3.58. The Morgan fingerprint density at radius 1 is 0.940 bits per heavy atom. The first-order valence-electron chi connectivity index (χ1n) is 17.0. The number of amides is 3. The highest BCUT2D eigenvalue weighted by molar-refractivity contribution is 7.89. The van der Waals surface area contributed by atoms with E-state index in [1.807, 2.05) is 37.3 Å². The second kappa shape index (κ2) is 14.9. The van der Waals surface area contributed by atoms with E-state index in [1.54, 1.807) is 30.3 Å². The first-order valence-corrected chi connectivity index (χ1v) is 18.4. The molecule has 3 aromatic carbocycles. The van der Waals surface area contributed by atoms with Crippen LogP contribution in [0.4, 0.5) is 10.5 Å². The van der Waals surface area contributed by atoms with E-state index in [4.69, 9.17) is 5.11 Å². The van der Waals surface area contributed by atoms with Crippen molar-refractivity contribution in [2.45, 2.75) is 62.8 Å². The molecule has 1 aliphatic carbocycles. The summed E-state index contributed by atoms with van der Waals surface area (Å²) in [5.41, 5.74) is 4.07. The van der Waals surface area contributed by atoms with Gasteiger partial charge in [0.25, 0.3) is 5.56 Å². The van der Waals surface area contributed by atoms with Gasteiger partial charge in [-0.15, -0.1) is 0 Å². The number of anilines is 1. The third-order valence-corrected chi connectivity index (χ3v) is 11.7. The van der Waals surface area contributed by atoms with Gasteiger partial charge in [-0.2, -0.15) is 4.31 Å². The molecular formula is C36H42N6O7S. The Hall–Kier alpha value is -4.95. The molecule has 0 unspecified atom stereocenters. The van der Waals surface area contributed by atoms with Crippen molar-refractivity contribution in [3.8, 4) is 11.1 Å². The quantitative estimate of drug-likeness (QED) is 0.134. The molecule has 0 bridgehead atoms. The summed E-state index contributed by atoms with van der Waals surface area (Å²) in [6.45, 7) is 3.33. The lowest BCUT2D eigenvalue weighted by molar-refractivity contribution is -0.130. The van der Waals surface area contributed by atoms with Crippen molar-refractivity contribution in [3.63, 3.8) is 0 Å². The summed E-state index contributed by atoms with van der Waals surface area (Å²) in [4.78, 5) is 50.3. The van der Waals surface area contributed by atoms with Crippen molar-refractivity contribution < 1.29 is 27.9 Å². The van der Waals surface area contributed by atoms with Crippen molar-refractivity contribution >= 4 is 44.5 Å². The van der Waals surface area contributed by atoms with Gasteiger partial charge in [0, 0.05) is 37.7 Å². The number of hydrogen-bond acceptors (Lipinski definition) is 6. The predicted molar refractivity (Wildman–Crippen MR) is 189 cm³/mol. The van der Waals surface area contributed by atoms with Gasteiger partial charge in [-0.05, 0) is 104 Å². The summed E-state index contributed by atoms with van der Waals surface area (Å²) >= 11 is 0. The number of hydrogen-bond donors (Lipinski definition) is 6. The number of fused-ring (bicyclic) bond motifs is 1. The van der Waals surface area contributed by atoms with E-state index in [-0.39, 0.29) is 34.6 Å². The number of benzene rings is 3. The molecule has 1 aliphatic heterocycles. The normalized spacial score (nSPS) is 18.8. The monoisotopic (exact) mass is 702 g/mol. The van der Waals surface area contributed by atoms with Crippen molar-refractivity contribution in [2.75, 3.05) is 25.0 Å². The second-order valence-electron chi connectivity index (χ2n) is 13.3. The fraction of sp³-hybridized carbons (Fsp3) is 0.389. The Kier molecular flexibility index (Phi) is 10.4. The number of carboxylic acid groups (broad SMARTS) is 1. The number of aromatic nitrogens is 2. The van der Waals surface area contributed by atoms with Crippen LogP contribution >= 0.6 is 0 Å². The van der Waals surface area contributed by atoms with Crippen LogP contribution in [0, 0.1) is 18.8 Å². The molecule has 2 aliphatic rings. The summed E-state index contributed by atoms with van der Waals surface area (Å²) < 4.78 is 28.0. The average Bonchev–Trinajstić information content (AvgIpc) is 3.79. The first-order chi connectivity index (χ1) is 24.0. The summed E-state index contributed by atoms with van der Waals surface area (Å²) in [7, 11) is -3.58. The molecule has 1 atom stereocenters. The number of sulfonamides is 1. The minimum absolute atomic E-state index is 0.159. The van der Waals surface area contributed by atoms with E-state index in [0.29, 0.717) is 61.9 Å². The van der Waals surface area contributed by atoms with Gasteiger partial charge in [-0.1, -0.05) is 30.3 Å². The summed E-state index contributed by atoms with van der Waals surface area (Å²) in [5, 5.41) is 23.0. The van der Waals surface area contributed by atoms with Crippen molar-refractivity contribution in [1.29, 1.82) is 0 Å². The molecule has 1 aromatic heterocycles. The zero-order valence-corrected chi connectivity index (χ0v) is 28.6. The fourth-order valence-corrected chi connectivity index (χ4v) is 8.45. The number of aromatic amines is 2. The lowest BCUT2D eigenvalue weighted by Crippen LogP contribution is -2.48. The van der Waals surface area contributed by atoms with Gasteiger partial charge >= 0.3 is 6.09 Å². The van der Waals surface area contributed by atoms with Crippen LogP contribution in [-0.4, -0.2) is 71.6 Å². The maximum absolute atomic E-state index is 13.7. The van der Waals surface area contributed by atoms with Crippen LogP contribution in [0.2, 0.25) is 0 Å².